The molecule has 4 rings (SSSR count). The Bertz CT molecular complexity index is 1360. The zero-order valence-electron chi connectivity index (χ0n) is 17.7. The van der Waals surface area contributed by atoms with E-state index in [0.717, 1.165) is 5.56 Å². The number of hydrogen-bond donors (Lipinski definition) is 2. The third kappa shape index (κ3) is 4.87. The molecule has 4 aromatic rings. The van der Waals surface area contributed by atoms with Crippen molar-refractivity contribution in [3.05, 3.63) is 89.8 Å². The van der Waals surface area contributed by atoms with Gasteiger partial charge in [0, 0.05) is 23.7 Å². The summed E-state index contributed by atoms with van der Waals surface area (Å²) < 4.78 is 33.6. The normalized spacial score (nSPS) is 11.7. The highest BCUT2D eigenvalue weighted by Gasteiger charge is 2.17. The Hall–Kier alpha value is -3.49. The fourth-order valence-corrected chi connectivity index (χ4v) is 4.20. The average molecular weight is 450 g/mol. The molecule has 0 radical (unpaired) electrons. The Labute approximate surface area is 186 Å². The zero-order valence-corrected chi connectivity index (χ0v) is 18.5. The molecule has 0 bridgehead atoms. The molecule has 0 saturated carbocycles. The van der Waals surface area contributed by atoms with Gasteiger partial charge in [-0.05, 0) is 42.0 Å². The maximum Gasteiger partial charge on any atom is 0.255 e. The van der Waals surface area contributed by atoms with Crippen molar-refractivity contribution in [2.24, 2.45) is 0 Å². The van der Waals surface area contributed by atoms with Gasteiger partial charge in [0.2, 0.25) is 10.0 Å². The molecule has 3 aromatic carbocycles. The third-order valence-electron chi connectivity index (χ3n) is 4.87. The average Bonchev–Trinajstić information content (AvgIpc) is 3.22. The lowest BCUT2D eigenvalue weighted by Crippen LogP contribution is -2.23. The maximum atomic E-state index is 12.8. The van der Waals surface area contributed by atoms with Crippen molar-refractivity contribution in [3.63, 3.8) is 0 Å². The van der Waals surface area contributed by atoms with E-state index in [4.69, 9.17) is 4.42 Å². The Morgan fingerprint density at radius 1 is 1.00 bits per heavy atom. The first-order chi connectivity index (χ1) is 15.3. The van der Waals surface area contributed by atoms with E-state index in [1.54, 1.807) is 30.3 Å². The minimum absolute atomic E-state index is 0.0228. The number of carbonyl (C=O) groups excluding carboxylic acids is 1. The number of hydrogen-bond acceptors (Lipinski definition) is 5. The largest absolute Gasteiger partial charge is 0.440 e. The Kier molecular flexibility index (Phi) is 6.07. The minimum Gasteiger partial charge on any atom is -0.440 e. The molecule has 0 atom stereocenters. The summed E-state index contributed by atoms with van der Waals surface area (Å²) in [6.07, 6.45) is 0. The molecule has 0 aliphatic rings. The number of nitrogens with one attached hydrogen (secondary N) is 2. The summed E-state index contributed by atoms with van der Waals surface area (Å²) in [4.78, 5) is 17.2. The molecule has 2 N–H and O–H groups in total. The van der Waals surface area contributed by atoms with Crippen LogP contribution in [0.5, 0.6) is 0 Å². The number of benzene rings is 3. The molecular formula is C24H23N3O4S. The summed E-state index contributed by atoms with van der Waals surface area (Å²) >= 11 is 0. The van der Waals surface area contributed by atoms with E-state index < -0.39 is 15.9 Å². The number of amides is 1. The van der Waals surface area contributed by atoms with Crippen molar-refractivity contribution < 1.29 is 17.6 Å². The van der Waals surface area contributed by atoms with E-state index in [-0.39, 0.29) is 22.9 Å². The van der Waals surface area contributed by atoms with Crippen molar-refractivity contribution in [1.29, 1.82) is 0 Å². The fourth-order valence-electron chi connectivity index (χ4n) is 3.14. The summed E-state index contributed by atoms with van der Waals surface area (Å²) in [5.41, 5.74) is 2.91. The fraction of sp³-hybridized carbons (Fsp3) is 0.167. The SMILES string of the molecule is CC(C)c1nc2cc(NC(=O)c3cccc(S(=O)(=O)NCc4ccccc4)c3)ccc2o1. The molecule has 0 aliphatic carbocycles. The van der Waals surface area contributed by atoms with E-state index in [1.807, 2.05) is 44.2 Å². The monoisotopic (exact) mass is 449 g/mol. The number of aromatic nitrogens is 1. The molecule has 0 fully saturated rings. The summed E-state index contributed by atoms with van der Waals surface area (Å²) in [6, 6.07) is 20.3. The van der Waals surface area contributed by atoms with E-state index >= 15 is 0 Å². The lowest BCUT2D eigenvalue weighted by Gasteiger charge is -2.09. The van der Waals surface area contributed by atoms with Crippen LogP contribution >= 0.6 is 0 Å². The van der Waals surface area contributed by atoms with Crippen LogP contribution in [0, 0.1) is 0 Å². The molecule has 164 valence electrons. The quantitative estimate of drug-likeness (QED) is 0.427. The second kappa shape index (κ2) is 8.94. The Balaban J connectivity index is 1.50. The van der Waals surface area contributed by atoms with E-state index in [2.05, 4.69) is 15.0 Å². The van der Waals surface area contributed by atoms with Crippen molar-refractivity contribution >= 4 is 32.7 Å². The number of fused-ring (bicyclic) bond motifs is 1. The van der Waals surface area contributed by atoms with Gasteiger partial charge in [0.15, 0.2) is 11.5 Å². The second-order valence-corrected chi connectivity index (χ2v) is 9.45. The molecule has 7 nitrogen and oxygen atoms in total. The number of rotatable bonds is 7. The Morgan fingerprint density at radius 3 is 2.53 bits per heavy atom. The molecule has 1 heterocycles. The first-order valence-corrected chi connectivity index (χ1v) is 11.7. The van der Waals surface area contributed by atoms with Crippen LogP contribution in [-0.2, 0) is 16.6 Å². The third-order valence-corrected chi connectivity index (χ3v) is 6.27. The molecule has 8 heteroatoms. The van der Waals surface area contributed by atoms with Gasteiger partial charge in [-0.3, -0.25) is 4.79 Å². The van der Waals surface area contributed by atoms with Crippen LogP contribution in [0.4, 0.5) is 5.69 Å². The number of sulfonamides is 1. The van der Waals surface area contributed by atoms with Gasteiger partial charge in [-0.25, -0.2) is 18.1 Å². The van der Waals surface area contributed by atoms with Crippen molar-refractivity contribution in [2.75, 3.05) is 5.32 Å². The summed E-state index contributed by atoms with van der Waals surface area (Å²) in [6.45, 7) is 4.14. The highest BCUT2D eigenvalue weighted by molar-refractivity contribution is 7.89. The standard InChI is InChI=1S/C24H23N3O4S/c1-16(2)24-27-21-14-19(11-12-22(21)31-24)26-23(28)18-9-6-10-20(13-18)32(29,30)25-15-17-7-4-3-5-8-17/h3-14,16,25H,15H2,1-2H3,(H,26,28). The highest BCUT2D eigenvalue weighted by atomic mass is 32.2. The van der Waals surface area contributed by atoms with Crippen molar-refractivity contribution in [1.82, 2.24) is 9.71 Å². The predicted octanol–water partition coefficient (Wildman–Crippen LogP) is 4.68. The van der Waals surface area contributed by atoms with Crippen LogP contribution in [0.15, 0.2) is 82.1 Å². The van der Waals surface area contributed by atoms with Gasteiger partial charge < -0.3 is 9.73 Å². The van der Waals surface area contributed by atoms with E-state index in [0.29, 0.717) is 22.7 Å². The molecule has 0 spiro atoms. The van der Waals surface area contributed by atoms with Gasteiger partial charge in [-0.15, -0.1) is 0 Å². The van der Waals surface area contributed by atoms with Crippen LogP contribution in [0.2, 0.25) is 0 Å². The Morgan fingerprint density at radius 2 is 1.78 bits per heavy atom. The van der Waals surface area contributed by atoms with Gasteiger partial charge >= 0.3 is 0 Å². The van der Waals surface area contributed by atoms with Gasteiger partial charge in [-0.1, -0.05) is 50.2 Å². The lowest BCUT2D eigenvalue weighted by molar-refractivity contribution is 0.102. The molecule has 0 aliphatic heterocycles. The van der Waals surface area contributed by atoms with Gasteiger partial charge in [0.05, 0.1) is 4.90 Å². The van der Waals surface area contributed by atoms with Gasteiger partial charge in [0.1, 0.15) is 5.52 Å². The second-order valence-electron chi connectivity index (χ2n) is 7.68. The van der Waals surface area contributed by atoms with Gasteiger partial charge in [0.25, 0.3) is 5.91 Å². The van der Waals surface area contributed by atoms with Crippen LogP contribution in [-0.4, -0.2) is 19.3 Å². The van der Waals surface area contributed by atoms with Crippen LogP contribution in [0.3, 0.4) is 0 Å². The zero-order chi connectivity index (χ0) is 22.7. The van der Waals surface area contributed by atoms with Gasteiger partial charge in [-0.2, -0.15) is 0 Å². The summed E-state index contributed by atoms with van der Waals surface area (Å²) in [5.74, 6) is 0.363. The molecule has 0 saturated heterocycles. The highest BCUT2D eigenvalue weighted by Crippen LogP contribution is 2.24. The first-order valence-electron chi connectivity index (χ1n) is 10.2. The van der Waals surface area contributed by atoms with Crippen LogP contribution in [0.1, 0.15) is 41.6 Å². The summed E-state index contributed by atoms with van der Waals surface area (Å²) in [7, 11) is -3.77. The van der Waals surface area contributed by atoms with E-state index in [1.165, 1.54) is 12.1 Å². The smallest absolute Gasteiger partial charge is 0.255 e. The van der Waals surface area contributed by atoms with Crippen LogP contribution < -0.4 is 10.0 Å². The maximum absolute atomic E-state index is 12.8. The number of nitrogens with zero attached hydrogens (tertiary/aromatic N) is 1. The predicted molar refractivity (Wildman–Crippen MR) is 123 cm³/mol. The molecule has 0 unspecified atom stereocenters. The van der Waals surface area contributed by atoms with Crippen LogP contribution in [0.25, 0.3) is 11.1 Å². The van der Waals surface area contributed by atoms with E-state index in [9.17, 15) is 13.2 Å². The molecular weight excluding hydrogens is 426 g/mol. The summed E-state index contributed by atoms with van der Waals surface area (Å²) in [5, 5.41) is 2.79. The van der Waals surface area contributed by atoms with Crippen molar-refractivity contribution in [3.8, 4) is 0 Å². The topological polar surface area (TPSA) is 101 Å². The minimum atomic E-state index is -3.77. The molecule has 1 aromatic heterocycles. The lowest BCUT2D eigenvalue weighted by atomic mass is 10.2. The number of oxazole rings is 1. The number of carbonyl (C=O) groups is 1. The van der Waals surface area contributed by atoms with Crippen molar-refractivity contribution in [2.45, 2.75) is 31.2 Å². The number of anilines is 1. The first kappa shape index (κ1) is 21.7. The molecule has 1 amide bonds. The molecule has 32 heavy (non-hydrogen) atoms.